The Kier molecular flexibility index (Phi) is 6.61. The fourth-order valence-electron chi connectivity index (χ4n) is 5.21. The van der Waals surface area contributed by atoms with Gasteiger partial charge in [-0.25, -0.2) is 0 Å². The van der Waals surface area contributed by atoms with Crippen molar-refractivity contribution in [3.05, 3.63) is 89.6 Å². The summed E-state index contributed by atoms with van der Waals surface area (Å²) < 4.78 is 10.8. The highest BCUT2D eigenvalue weighted by atomic mass is 16.5. The van der Waals surface area contributed by atoms with E-state index < -0.39 is 12.1 Å². The average Bonchev–Trinajstić information content (AvgIpc) is 3.46. The summed E-state index contributed by atoms with van der Waals surface area (Å²) in [5.41, 5.74) is 4.01. The van der Waals surface area contributed by atoms with Gasteiger partial charge in [-0.1, -0.05) is 50.2 Å². The number of aromatic nitrogens is 1. The van der Waals surface area contributed by atoms with Gasteiger partial charge in [0.25, 0.3) is 5.91 Å². The Morgan fingerprint density at radius 3 is 2.51 bits per heavy atom. The first kappa shape index (κ1) is 24.4. The predicted octanol–water partition coefficient (Wildman–Crippen LogP) is 5.78. The van der Waals surface area contributed by atoms with Crippen LogP contribution in [0.1, 0.15) is 47.8 Å². The van der Waals surface area contributed by atoms with Crippen LogP contribution < -0.4 is 14.8 Å². The van der Waals surface area contributed by atoms with Crippen molar-refractivity contribution in [3.63, 3.8) is 0 Å². The smallest absolute Gasteiger partial charge is 0.255 e. The van der Waals surface area contributed by atoms with Gasteiger partial charge in [0.15, 0.2) is 0 Å². The van der Waals surface area contributed by atoms with E-state index in [1.165, 1.54) is 0 Å². The highest BCUT2D eigenvalue weighted by molar-refractivity contribution is 6.05. The van der Waals surface area contributed by atoms with Gasteiger partial charge in [0.1, 0.15) is 17.5 Å². The van der Waals surface area contributed by atoms with E-state index in [0.717, 1.165) is 22.0 Å². The van der Waals surface area contributed by atoms with Gasteiger partial charge in [0.05, 0.1) is 25.9 Å². The van der Waals surface area contributed by atoms with Crippen LogP contribution in [0.3, 0.4) is 0 Å². The van der Waals surface area contributed by atoms with E-state index in [0.29, 0.717) is 29.2 Å². The van der Waals surface area contributed by atoms with Crippen LogP contribution in [0.25, 0.3) is 10.9 Å². The Labute approximate surface area is 216 Å². The van der Waals surface area contributed by atoms with Crippen LogP contribution in [0.4, 0.5) is 5.69 Å². The molecule has 1 aromatic heterocycles. The van der Waals surface area contributed by atoms with Crippen LogP contribution in [0.2, 0.25) is 0 Å². The molecule has 190 valence electrons. The van der Waals surface area contributed by atoms with Crippen molar-refractivity contribution < 1.29 is 19.1 Å². The number of aromatic amines is 1. The molecule has 2 atom stereocenters. The number of benzene rings is 3. The van der Waals surface area contributed by atoms with Crippen LogP contribution in [-0.4, -0.2) is 42.0 Å². The standard InChI is InChI=1S/C30H31N3O4/c1-18(2)15-26(29(34)32-25-14-13-19(36-3)16-27(25)37-4)33-28(21-10-5-6-11-22(21)30(33)35)23-17-31-24-12-8-7-9-20(23)24/h5-14,16-18,26,28,31H,15H2,1-4H3,(H,32,34). The minimum Gasteiger partial charge on any atom is -0.497 e. The summed E-state index contributed by atoms with van der Waals surface area (Å²) in [6.45, 7) is 4.12. The van der Waals surface area contributed by atoms with Gasteiger partial charge in [-0.15, -0.1) is 0 Å². The number of nitrogens with zero attached hydrogens (tertiary/aromatic N) is 1. The summed E-state index contributed by atoms with van der Waals surface area (Å²) in [6, 6.07) is 19.8. The molecule has 4 aromatic rings. The first-order valence-corrected chi connectivity index (χ1v) is 12.4. The zero-order valence-corrected chi connectivity index (χ0v) is 21.4. The number of carbonyl (C=O) groups excluding carboxylic acids is 2. The monoisotopic (exact) mass is 497 g/mol. The van der Waals surface area contributed by atoms with Crippen LogP contribution >= 0.6 is 0 Å². The SMILES string of the molecule is COc1ccc(NC(=O)C(CC(C)C)N2C(=O)c3ccccc3C2c2c[nH]c3ccccc23)c(OC)c1. The number of carbonyl (C=O) groups is 2. The highest BCUT2D eigenvalue weighted by Crippen LogP contribution is 2.43. The van der Waals surface area contributed by atoms with Gasteiger partial charge in [-0.3, -0.25) is 9.59 Å². The Balaban J connectivity index is 1.59. The highest BCUT2D eigenvalue weighted by Gasteiger charge is 2.44. The van der Waals surface area contributed by atoms with Crippen LogP contribution in [0.5, 0.6) is 11.5 Å². The maximum atomic E-state index is 13.9. The van der Waals surface area contributed by atoms with E-state index in [2.05, 4.69) is 24.1 Å². The van der Waals surface area contributed by atoms with Crippen LogP contribution in [0.15, 0.2) is 72.9 Å². The van der Waals surface area contributed by atoms with Crippen molar-refractivity contribution in [1.29, 1.82) is 0 Å². The van der Waals surface area contributed by atoms with E-state index >= 15 is 0 Å². The molecule has 2 amide bonds. The summed E-state index contributed by atoms with van der Waals surface area (Å²) >= 11 is 0. The predicted molar refractivity (Wildman–Crippen MR) is 144 cm³/mol. The number of ether oxygens (including phenoxy) is 2. The molecule has 0 spiro atoms. The molecule has 5 rings (SSSR count). The number of nitrogens with one attached hydrogen (secondary N) is 2. The Bertz CT molecular complexity index is 1460. The lowest BCUT2D eigenvalue weighted by Gasteiger charge is -2.34. The first-order chi connectivity index (χ1) is 17.9. The van der Waals surface area contributed by atoms with Gasteiger partial charge in [-0.2, -0.15) is 0 Å². The molecule has 37 heavy (non-hydrogen) atoms. The fraction of sp³-hybridized carbons (Fsp3) is 0.267. The van der Waals surface area contributed by atoms with Crippen molar-refractivity contribution in [1.82, 2.24) is 9.88 Å². The largest absolute Gasteiger partial charge is 0.497 e. The van der Waals surface area contributed by atoms with E-state index in [4.69, 9.17) is 9.47 Å². The molecule has 0 radical (unpaired) electrons. The van der Waals surface area contributed by atoms with Gasteiger partial charge in [0, 0.05) is 34.3 Å². The lowest BCUT2D eigenvalue weighted by molar-refractivity contribution is -0.121. The average molecular weight is 498 g/mol. The molecule has 7 heteroatoms. The summed E-state index contributed by atoms with van der Waals surface area (Å²) in [6.07, 6.45) is 2.46. The third-order valence-electron chi connectivity index (χ3n) is 6.91. The number of H-pyrrole nitrogens is 1. The molecule has 0 aliphatic carbocycles. The second-order valence-corrected chi connectivity index (χ2v) is 9.69. The van der Waals surface area contributed by atoms with Crippen molar-refractivity contribution >= 4 is 28.4 Å². The Morgan fingerprint density at radius 1 is 1.00 bits per heavy atom. The summed E-state index contributed by atoms with van der Waals surface area (Å²) in [5.74, 6) is 0.878. The Hall–Kier alpha value is -4.26. The van der Waals surface area contributed by atoms with E-state index in [1.54, 1.807) is 37.3 Å². The van der Waals surface area contributed by atoms with Crippen molar-refractivity contribution in [2.75, 3.05) is 19.5 Å². The number of methoxy groups -OCH3 is 2. The summed E-state index contributed by atoms with van der Waals surface area (Å²) in [5, 5.41) is 4.05. The normalized spacial score (nSPS) is 15.6. The van der Waals surface area contributed by atoms with E-state index in [1.807, 2.05) is 54.7 Å². The molecule has 2 heterocycles. The molecule has 0 fully saturated rings. The van der Waals surface area contributed by atoms with Gasteiger partial charge in [0.2, 0.25) is 5.91 Å². The molecular weight excluding hydrogens is 466 g/mol. The van der Waals surface area contributed by atoms with Gasteiger partial charge in [-0.05, 0) is 42.2 Å². The molecule has 0 saturated carbocycles. The zero-order chi connectivity index (χ0) is 26.1. The fourth-order valence-corrected chi connectivity index (χ4v) is 5.21. The second-order valence-electron chi connectivity index (χ2n) is 9.69. The quantitative estimate of drug-likeness (QED) is 0.323. The third kappa shape index (κ3) is 4.42. The molecule has 2 unspecified atom stereocenters. The number of para-hydroxylation sites is 1. The molecule has 1 aliphatic rings. The number of fused-ring (bicyclic) bond motifs is 2. The molecule has 7 nitrogen and oxygen atoms in total. The van der Waals surface area contributed by atoms with Crippen molar-refractivity contribution in [2.24, 2.45) is 5.92 Å². The maximum Gasteiger partial charge on any atom is 0.255 e. The molecule has 0 bridgehead atoms. The zero-order valence-electron chi connectivity index (χ0n) is 21.4. The topological polar surface area (TPSA) is 83.7 Å². The van der Waals surface area contributed by atoms with Crippen molar-refractivity contribution in [3.8, 4) is 11.5 Å². The minimum absolute atomic E-state index is 0.145. The third-order valence-corrected chi connectivity index (χ3v) is 6.91. The van der Waals surface area contributed by atoms with E-state index in [-0.39, 0.29) is 17.7 Å². The van der Waals surface area contributed by atoms with Gasteiger partial charge < -0.3 is 24.7 Å². The van der Waals surface area contributed by atoms with Crippen LogP contribution in [-0.2, 0) is 4.79 Å². The van der Waals surface area contributed by atoms with Gasteiger partial charge >= 0.3 is 0 Å². The number of hydrogen-bond donors (Lipinski definition) is 2. The number of hydrogen-bond acceptors (Lipinski definition) is 4. The Morgan fingerprint density at radius 2 is 1.76 bits per heavy atom. The van der Waals surface area contributed by atoms with Crippen molar-refractivity contribution in [2.45, 2.75) is 32.4 Å². The molecule has 2 N–H and O–H groups in total. The molecule has 1 aliphatic heterocycles. The number of anilines is 1. The second kappa shape index (κ2) is 10.0. The maximum absolute atomic E-state index is 13.9. The minimum atomic E-state index is -0.703. The first-order valence-electron chi connectivity index (χ1n) is 12.4. The van der Waals surface area contributed by atoms with E-state index in [9.17, 15) is 9.59 Å². The number of amides is 2. The lowest BCUT2D eigenvalue weighted by Crippen LogP contribution is -2.47. The molecule has 0 saturated heterocycles. The summed E-state index contributed by atoms with van der Waals surface area (Å²) in [4.78, 5) is 32.9. The number of rotatable bonds is 8. The summed E-state index contributed by atoms with van der Waals surface area (Å²) in [7, 11) is 3.12. The molecular formula is C30H31N3O4. The van der Waals surface area contributed by atoms with Crippen LogP contribution in [0, 0.1) is 5.92 Å². The molecule has 3 aromatic carbocycles. The lowest BCUT2D eigenvalue weighted by atomic mass is 9.95.